The van der Waals surface area contributed by atoms with Gasteiger partial charge in [-0.3, -0.25) is 9.59 Å². The number of esters is 1. The Morgan fingerprint density at radius 3 is 1.55 bits per heavy atom. The minimum Gasteiger partial charge on any atom is -0.454 e. The van der Waals surface area contributed by atoms with Crippen LogP contribution in [0.4, 0.5) is 0 Å². The predicted octanol–water partition coefficient (Wildman–Crippen LogP) is 12.6. The molecule has 0 saturated carbocycles. The Labute approximate surface area is 432 Å². The van der Waals surface area contributed by atoms with Crippen LogP contribution in [0.25, 0.3) is 0 Å². The predicted molar refractivity (Wildman–Crippen MR) is 292 cm³/mol. The molecule has 8 unspecified atom stereocenters. The number of nitrogens with one attached hydrogen (secondary N) is 1. The number of hydrogen-bond acceptors (Lipinski definition) is 10. The Hall–Kier alpha value is -3.16. The van der Waals surface area contributed by atoms with Crippen molar-refractivity contribution in [3.05, 3.63) is 85.1 Å². The lowest BCUT2D eigenvalue weighted by Crippen LogP contribution is -2.61. The lowest BCUT2D eigenvalue weighted by Gasteiger charge is -2.41. The fraction of sp³-hybridized carbons (Fsp3) is 0.733. The second-order valence-electron chi connectivity index (χ2n) is 19.4. The number of hydrogen-bond donors (Lipinski definition) is 6. The summed E-state index contributed by atoms with van der Waals surface area (Å²) in [6, 6.07) is -1.04. The maximum absolute atomic E-state index is 13.4. The summed E-state index contributed by atoms with van der Waals surface area (Å²) in [7, 11) is 0. The summed E-state index contributed by atoms with van der Waals surface area (Å²) in [6.07, 6.45) is 50.7. The number of aliphatic hydroxyl groups is 5. The van der Waals surface area contributed by atoms with Crippen molar-refractivity contribution in [2.75, 3.05) is 13.2 Å². The number of carbonyl (C=O) groups excluding carboxylic acids is 2. The molecule has 0 aromatic carbocycles. The van der Waals surface area contributed by atoms with Crippen molar-refractivity contribution in [2.24, 2.45) is 0 Å². The van der Waals surface area contributed by atoms with Crippen LogP contribution in [0.1, 0.15) is 220 Å². The van der Waals surface area contributed by atoms with Gasteiger partial charge in [-0.2, -0.15) is 0 Å². The lowest BCUT2D eigenvalue weighted by molar-refractivity contribution is -0.305. The maximum Gasteiger partial charge on any atom is 0.306 e. The van der Waals surface area contributed by atoms with Crippen LogP contribution >= 0.6 is 0 Å². The first-order chi connectivity index (χ1) is 34.7. The van der Waals surface area contributed by atoms with Gasteiger partial charge in [0.2, 0.25) is 5.91 Å². The molecule has 0 aromatic heterocycles. The number of rotatable bonds is 46. The number of unbranched alkanes of at least 4 members (excludes halogenated alkanes) is 24. The van der Waals surface area contributed by atoms with Gasteiger partial charge >= 0.3 is 5.97 Å². The van der Waals surface area contributed by atoms with E-state index >= 15 is 0 Å². The Morgan fingerprint density at radius 2 is 1.03 bits per heavy atom. The third-order valence-electron chi connectivity index (χ3n) is 12.9. The first-order valence-corrected chi connectivity index (χ1v) is 28.4. The Kier molecular flexibility index (Phi) is 44.4. The number of carbonyl (C=O) groups is 2. The van der Waals surface area contributed by atoms with E-state index in [0.717, 1.165) is 57.8 Å². The molecule has 408 valence electrons. The minimum atomic E-state index is -1.65. The Morgan fingerprint density at radius 1 is 0.563 bits per heavy atom. The molecule has 11 nitrogen and oxygen atoms in total. The van der Waals surface area contributed by atoms with Crippen LogP contribution in [0.2, 0.25) is 0 Å². The van der Waals surface area contributed by atoms with Crippen LogP contribution in [-0.4, -0.2) is 99.6 Å². The third-order valence-corrected chi connectivity index (χ3v) is 12.9. The van der Waals surface area contributed by atoms with Gasteiger partial charge in [0, 0.05) is 6.42 Å². The zero-order chi connectivity index (χ0) is 51.8. The van der Waals surface area contributed by atoms with Gasteiger partial charge in [0.15, 0.2) is 12.4 Å². The van der Waals surface area contributed by atoms with E-state index in [0.29, 0.717) is 19.3 Å². The summed E-state index contributed by atoms with van der Waals surface area (Å²) >= 11 is 0. The molecule has 71 heavy (non-hydrogen) atoms. The monoisotopic (exact) mass is 998 g/mol. The van der Waals surface area contributed by atoms with Crippen molar-refractivity contribution in [1.82, 2.24) is 5.32 Å². The van der Waals surface area contributed by atoms with Gasteiger partial charge in [-0.1, -0.05) is 234 Å². The third kappa shape index (κ3) is 36.4. The zero-order valence-corrected chi connectivity index (χ0v) is 44.8. The van der Waals surface area contributed by atoms with E-state index in [4.69, 9.17) is 14.2 Å². The fourth-order valence-corrected chi connectivity index (χ4v) is 8.38. The van der Waals surface area contributed by atoms with Crippen molar-refractivity contribution in [3.8, 4) is 0 Å². The van der Waals surface area contributed by atoms with E-state index in [1.54, 1.807) is 6.08 Å². The number of aliphatic hydroxyl groups excluding tert-OH is 5. The number of amides is 1. The van der Waals surface area contributed by atoms with E-state index in [-0.39, 0.29) is 19.4 Å². The fourth-order valence-electron chi connectivity index (χ4n) is 8.38. The molecule has 1 amide bonds. The number of allylic oxidation sites excluding steroid dienone is 13. The molecule has 0 bridgehead atoms. The largest absolute Gasteiger partial charge is 0.454 e. The topological polar surface area (TPSA) is 175 Å². The molecule has 0 radical (unpaired) electrons. The van der Waals surface area contributed by atoms with E-state index in [1.807, 2.05) is 60.8 Å². The van der Waals surface area contributed by atoms with Crippen LogP contribution in [-0.2, 0) is 23.8 Å². The van der Waals surface area contributed by atoms with Crippen molar-refractivity contribution >= 4 is 11.9 Å². The highest BCUT2D eigenvalue weighted by Crippen LogP contribution is 2.26. The molecule has 1 saturated heterocycles. The highest BCUT2D eigenvalue weighted by Gasteiger charge is 2.47. The quantitative estimate of drug-likeness (QED) is 0.0149. The van der Waals surface area contributed by atoms with Crippen LogP contribution in [0.5, 0.6) is 0 Å². The molecular formula is C60H103NO10. The molecule has 11 heteroatoms. The zero-order valence-electron chi connectivity index (χ0n) is 44.8. The van der Waals surface area contributed by atoms with Crippen LogP contribution in [0.3, 0.4) is 0 Å². The summed E-state index contributed by atoms with van der Waals surface area (Å²) in [5.41, 5.74) is 0. The molecule has 6 N–H and O–H groups in total. The first kappa shape index (κ1) is 65.9. The molecule has 1 aliphatic rings. The normalized spacial score (nSPS) is 20.3. The van der Waals surface area contributed by atoms with E-state index in [1.165, 1.54) is 109 Å². The average Bonchev–Trinajstić information content (AvgIpc) is 3.37. The van der Waals surface area contributed by atoms with Crippen LogP contribution in [0.15, 0.2) is 85.1 Å². The van der Waals surface area contributed by atoms with Gasteiger partial charge in [0.1, 0.15) is 24.4 Å². The summed E-state index contributed by atoms with van der Waals surface area (Å²) in [4.78, 5) is 26.4. The molecule has 1 heterocycles. The summed E-state index contributed by atoms with van der Waals surface area (Å²) < 4.78 is 17.5. The summed E-state index contributed by atoms with van der Waals surface area (Å²) in [5, 5.41) is 56.7. The van der Waals surface area contributed by atoms with Crippen LogP contribution in [0, 0.1) is 0 Å². The second-order valence-corrected chi connectivity index (χ2v) is 19.4. The molecule has 0 aliphatic carbocycles. The van der Waals surface area contributed by atoms with Crippen molar-refractivity contribution < 1.29 is 49.3 Å². The highest BCUT2D eigenvalue weighted by atomic mass is 16.7. The van der Waals surface area contributed by atoms with Gasteiger partial charge in [-0.25, -0.2) is 0 Å². The van der Waals surface area contributed by atoms with Gasteiger partial charge in [-0.15, -0.1) is 0 Å². The molecule has 1 fully saturated rings. The SMILES string of the molecule is CC/C=C/C=C/C=C\C=C/C=C/CCCC(=O)OC1C(OCC(NC(=O)C(O)CCCCCCCCCC/C=C/CCCCCCCC)C(O)/C=C/CCCCCCCCCCC)OC(CO)C(O)C1O. The van der Waals surface area contributed by atoms with Gasteiger partial charge in [0.05, 0.1) is 25.4 Å². The molecule has 0 aromatic rings. The molecule has 8 atom stereocenters. The van der Waals surface area contributed by atoms with Gasteiger partial charge in [-0.05, 0) is 64.2 Å². The Balaban J connectivity index is 2.75. The standard InChI is InChI=1S/C60H103NO10/c1-4-7-10-13-16-19-22-24-25-26-27-28-30-32-35-38-41-44-47-53(64)59(68)61-51(52(63)46-43-40-37-34-31-21-18-15-12-9-6-3)50-69-60-58(57(67)56(66)54(49-62)70-60)71-55(65)48-45-42-39-36-33-29-23-20-17-14-11-8-5-2/h8,11,14,17,20,23-25,29,33,36,39,43,46,51-54,56-58,60,62-64,66-67H,4-7,9-10,12-13,15-16,18-19,21-22,26-28,30-32,34-35,37-38,40-42,44-45,47-50H2,1-3H3,(H,61,68)/b11-8+,17-14+,23-20-,25-24+,33-29-,39-36+,46-43+. The lowest BCUT2D eigenvalue weighted by atomic mass is 9.99. The second kappa shape index (κ2) is 47.8. The maximum atomic E-state index is 13.4. The minimum absolute atomic E-state index is 0.0238. The molecule has 1 aliphatic heterocycles. The van der Waals surface area contributed by atoms with E-state index in [9.17, 15) is 35.1 Å². The highest BCUT2D eigenvalue weighted by molar-refractivity contribution is 5.80. The van der Waals surface area contributed by atoms with Crippen molar-refractivity contribution in [3.63, 3.8) is 0 Å². The van der Waals surface area contributed by atoms with Crippen LogP contribution < -0.4 is 5.32 Å². The Bertz CT molecular complexity index is 1470. The van der Waals surface area contributed by atoms with Gasteiger partial charge in [0.25, 0.3) is 0 Å². The van der Waals surface area contributed by atoms with Crippen molar-refractivity contribution in [2.45, 2.75) is 269 Å². The van der Waals surface area contributed by atoms with E-state index < -0.39 is 67.4 Å². The molecule has 0 spiro atoms. The molecule has 1 rings (SSSR count). The summed E-state index contributed by atoms with van der Waals surface area (Å²) in [5.74, 6) is -1.28. The van der Waals surface area contributed by atoms with Gasteiger partial charge < -0.3 is 45.1 Å². The van der Waals surface area contributed by atoms with E-state index in [2.05, 4.69) is 44.3 Å². The number of ether oxygens (including phenoxy) is 3. The first-order valence-electron chi connectivity index (χ1n) is 28.4. The smallest absolute Gasteiger partial charge is 0.306 e. The van der Waals surface area contributed by atoms with Crippen molar-refractivity contribution in [1.29, 1.82) is 0 Å². The average molecular weight is 998 g/mol. The molecular weight excluding hydrogens is 895 g/mol. The summed E-state index contributed by atoms with van der Waals surface area (Å²) in [6.45, 7) is 5.57.